The molecule has 2 atom stereocenters. The Balaban J connectivity index is 1.78. The van der Waals surface area contributed by atoms with Gasteiger partial charge in [0.25, 0.3) is 0 Å². The number of benzene rings is 1. The predicted octanol–water partition coefficient (Wildman–Crippen LogP) is 4.00. The van der Waals surface area contributed by atoms with Gasteiger partial charge in [0.2, 0.25) is 0 Å². The summed E-state index contributed by atoms with van der Waals surface area (Å²) in [6.07, 6.45) is 3.93. The molecule has 1 spiro atoms. The first-order valence-corrected chi connectivity index (χ1v) is 9.20. The molecule has 2 saturated heterocycles. The number of aldehydes is 1. The quantitative estimate of drug-likeness (QED) is 0.753. The van der Waals surface area contributed by atoms with E-state index in [1.54, 1.807) is 0 Å². The van der Waals surface area contributed by atoms with Crippen molar-refractivity contribution >= 4 is 34.0 Å². The second kappa shape index (κ2) is 6.31. The third kappa shape index (κ3) is 3.30. The standard InChI is InChI=1S/C16H19BrO3S/c1-11-6-13(17)7-12(9-18)15(11)20-14-2-4-19-16(8-14)3-5-21-10-16/h6-7,9,14H,2-5,8,10H2,1H3. The monoisotopic (exact) mass is 370 g/mol. The lowest BCUT2D eigenvalue weighted by Crippen LogP contribution is -2.44. The van der Waals surface area contributed by atoms with Crippen molar-refractivity contribution in [3.05, 3.63) is 27.7 Å². The van der Waals surface area contributed by atoms with Gasteiger partial charge in [0.1, 0.15) is 11.9 Å². The molecule has 0 aromatic heterocycles. The number of aryl methyl sites for hydroxylation is 1. The van der Waals surface area contributed by atoms with Crippen LogP contribution < -0.4 is 4.74 Å². The molecular formula is C16H19BrO3S. The summed E-state index contributed by atoms with van der Waals surface area (Å²) >= 11 is 5.38. The van der Waals surface area contributed by atoms with Crippen molar-refractivity contribution in [2.24, 2.45) is 0 Å². The fourth-order valence-corrected chi connectivity index (χ4v) is 5.09. The highest BCUT2D eigenvalue weighted by atomic mass is 79.9. The molecule has 0 N–H and O–H groups in total. The predicted molar refractivity (Wildman–Crippen MR) is 88.5 cm³/mol. The number of hydrogen-bond donors (Lipinski definition) is 0. The van der Waals surface area contributed by atoms with Crippen LogP contribution in [0.2, 0.25) is 0 Å². The molecule has 2 heterocycles. The molecule has 0 bridgehead atoms. The zero-order valence-electron chi connectivity index (χ0n) is 12.1. The Morgan fingerprint density at radius 3 is 3.10 bits per heavy atom. The zero-order chi connectivity index (χ0) is 14.9. The molecule has 2 fully saturated rings. The van der Waals surface area contributed by atoms with Crippen molar-refractivity contribution in [1.29, 1.82) is 0 Å². The van der Waals surface area contributed by atoms with Crippen LogP contribution in [-0.4, -0.2) is 36.1 Å². The maximum absolute atomic E-state index is 11.3. The van der Waals surface area contributed by atoms with Gasteiger partial charge < -0.3 is 9.47 Å². The van der Waals surface area contributed by atoms with Gasteiger partial charge in [-0.1, -0.05) is 15.9 Å². The maximum Gasteiger partial charge on any atom is 0.153 e. The molecule has 1 aromatic carbocycles. The molecule has 0 aliphatic carbocycles. The molecule has 0 radical (unpaired) electrons. The first-order valence-electron chi connectivity index (χ1n) is 7.26. The number of thioether (sulfide) groups is 1. The summed E-state index contributed by atoms with van der Waals surface area (Å²) in [6.45, 7) is 2.73. The van der Waals surface area contributed by atoms with Crippen molar-refractivity contribution in [1.82, 2.24) is 0 Å². The van der Waals surface area contributed by atoms with E-state index in [0.717, 1.165) is 53.7 Å². The molecule has 0 amide bonds. The van der Waals surface area contributed by atoms with E-state index >= 15 is 0 Å². The van der Waals surface area contributed by atoms with Gasteiger partial charge in [0.05, 0.1) is 17.8 Å². The average Bonchev–Trinajstić information content (AvgIpc) is 2.89. The number of hydrogen-bond acceptors (Lipinski definition) is 4. The Bertz CT molecular complexity index is 541. The van der Waals surface area contributed by atoms with Crippen LogP contribution in [0.4, 0.5) is 0 Å². The topological polar surface area (TPSA) is 35.5 Å². The van der Waals surface area contributed by atoms with Crippen LogP contribution in [0.3, 0.4) is 0 Å². The Morgan fingerprint density at radius 2 is 2.38 bits per heavy atom. The van der Waals surface area contributed by atoms with Crippen molar-refractivity contribution in [3.63, 3.8) is 0 Å². The highest BCUT2D eigenvalue weighted by Crippen LogP contribution is 2.40. The van der Waals surface area contributed by atoms with Crippen molar-refractivity contribution in [2.45, 2.75) is 37.9 Å². The largest absolute Gasteiger partial charge is 0.489 e. The smallest absolute Gasteiger partial charge is 0.153 e. The van der Waals surface area contributed by atoms with Crippen LogP contribution in [0.1, 0.15) is 35.2 Å². The Kier molecular flexibility index (Phi) is 4.62. The molecule has 2 unspecified atom stereocenters. The van der Waals surface area contributed by atoms with E-state index in [9.17, 15) is 4.79 Å². The third-order valence-electron chi connectivity index (χ3n) is 4.19. The van der Waals surface area contributed by atoms with Gasteiger partial charge in [-0.15, -0.1) is 0 Å². The molecule has 114 valence electrons. The van der Waals surface area contributed by atoms with Gasteiger partial charge in [-0.3, -0.25) is 4.79 Å². The molecule has 0 saturated carbocycles. The molecule has 5 heteroatoms. The first-order chi connectivity index (χ1) is 10.1. The van der Waals surface area contributed by atoms with Crippen LogP contribution in [0.5, 0.6) is 5.75 Å². The number of carbonyl (C=O) groups is 1. The maximum atomic E-state index is 11.3. The minimum absolute atomic E-state index is 0.00179. The third-order valence-corrected chi connectivity index (χ3v) is 5.88. The average molecular weight is 371 g/mol. The van der Waals surface area contributed by atoms with Gasteiger partial charge in [0.15, 0.2) is 6.29 Å². The second-order valence-electron chi connectivity index (χ2n) is 5.83. The number of carbonyl (C=O) groups excluding carboxylic acids is 1. The van der Waals surface area contributed by atoms with Crippen LogP contribution in [0.25, 0.3) is 0 Å². The molecule has 3 rings (SSSR count). The van der Waals surface area contributed by atoms with Crippen molar-refractivity contribution in [2.75, 3.05) is 18.1 Å². The van der Waals surface area contributed by atoms with E-state index in [-0.39, 0.29) is 11.7 Å². The summed E-state index contributed by atoms with van der Waals surface area (Å²) in [5, 5.41) is 0. The lowest BCUT2D eigenvalue weighted by molar-refractivity contribution is -0.0960. The highest BCUT2D eigenvalue weighted by molar-refractivity contribution is 9.10. The lowest BCUT2D eigenvalue weighted by atomic mass is 9.91. The van der Waals surface area contributed by atoms with E-state index in [1.165, 1.54) is 5.75 Å². The lowest BCUT2D eigenvalue weighted by Gasteiger charge is -2.38. The Morgan fingerprint density at radius 1 is 1.52 bits per heavy atom. The molecular weight excluding hydrogens is 352 g/mol. The minimum atomic E-state index is -0.00179. The van der Waals surface area contributed by atoms with Gasteiger partial charge in [0, 0.05) is 23.1 Å². The van der Waals surface area contributed by atoms with Crippen molar-refractivity contribution < 1.29 is 14.3 Å². The van der Waals surface area contributed by atoms with Gasteiger partial charge in [-0.05, 0) is 36.8 Å². The second-order valence-corrected chi connectivity index (χ2v) is 7.85. The highest BCUT2D eigenvalue weighted by Gasteiger charge is 2.41. The SMILES string of the molecule is Cc1cc(Br)cc(C=O)c1OC1CCOC2(CCSC2)C1. The summed E-state index contributed by atoms with van der Waals surface area (Å²) in [5.74, 6) is 2.96. The summed E-state index contributed by atoms with van der Waals surface area (Å²) in [6, 6.07) is 3.80. The molecule has 2 aliphatic rings. The minimum Gasteiger partial charge on any atom is -0.489 e. The zero-order valence-corrected chi connectivity index (χ0v) is 14.5. The summed E-state index contributed by atoms with van der Waals surface area (Å²) in [7, 11) is 0. The van der Waals surface area contributed by atoms with E-state index in [1.807, 2.05) is 30.8 Å². The fourth-order valence-electron chi connectivity index (χ4n) is 3.12. The van der Waals surface area contributed by atoms with E-state index in [0.29, 0.717) is 5.56 Å². The van der Waals surface area contributed by atoms with E-state index < -0.39 is 0 Å². The molecule has 1 aromatic rings. The van der Waals surface area contributed by atoms with Gasteiger partial charge in [-0.25, -0.2) is 0 Å². The van der Waals surface area contributed by atoms with E-state index in [2.05, 4.69) is 15.9 Å². The molecule has 2 aliphatic heterocycles. The van der Waals surface area contributed by atoms with Gasteiger partial charge in [-0.2, -0.15) is 11.8 Å². The molecule has 3 nitrogen and oxygen atoms in total. The van der Waals surface area contributed by atoms with Crippen molar-refractivity contribution in [3.8, 4) is 5.75 Å². The molecule has 21 heavy (non-hydrogen) atoms. The first kappa shape index (κ1) is 15.4. The Labute approximate surface area is 137 Å². The van der Waals surface area contributed by atoms with Gasteiger partial charge >= 0.3 is 0 Å². The van der Waals surface area contributed by atoms with Crippen LogP contribution in [-0.2, 0) is 4.74 Å². The van der Waals surface area contributed by atoms with Crippen LogP contribution in [0.15, 0.2) is 16.6 Å². The summed E-state index contributed by atoms with van der Waals surface area (Å²) in [5.41, 5.74) is 1.61. The number of rotatable bonds is 3. The van der Waals surface area contributed by atoms with Crippen LogP contribution >= 0.6 is 27.7 Å². The normalized spacial score (nSPS) is 28.8. The van der Waals surface area contributed by atoms with Crippen LogP contribution in [0, 0.1) is 6.92 Å². The Hall–Kier alpha value is -0.520. The number of ether oxygens (including phenoxy) is 2. The number of halogens is 1. The summed E-state index contributed by atoms with van der Waals surface area (Å²) < 4.78 is 13.1. The summed E-state index contributed by atoms with van der Waals surface area (Å²) in [4.78, 5) is 11.3. The van der Waals surface area contributed by atoms with E-state index in [4.69, 9.17) is 9.47 Å². The fraction of sp³-hybridized carbons (Fsp3) is 0.562.